The Hall–Kier alpha value is -4.23. The van der Waals surface area contributed by atoms with Crippen molar-refractivity contribution in [2.45, 2.75) is 45.3 Å². The highest BCUT2D eigenvalue weighted by molar-refractivity contribution is 5.75. The number of ether oxygens (including phenoxy) is 2. The summed E-state index contributed by atoms with van der Waals surface area (Å²) in [4.78, 5) is 28.1. The number of likely N-dealkylation sites (tertiary alicyclic amines) is 1. The zero-order valence-electron chi connectivity index (χ0n) is 23.9. The van der Waals surface area contributed by atoms with Gasteiger partial charge in [-0.25, -0.2) is 15.0 Å². The molecular weight excluding hydrogens is 526 g/mol. The molecule has 4 aromatic heterocycles. The average molecular weight is 564 g/mol. The molecule has 5 heterocycles. The summed E-state index contributed by atoms with van der Waals surface area (Å²) in [5.41, 5.74) is 1.68. The topological polar surface area (TPSA) is 148 Å². The zero-order valence-corrected chi connectivity index (χ0v) is 23.9. The summed E-state index contributed by atoms with van der Waals surface area (Å²) in [6.45, 7) is 6.36. The molecule has 1 atom stereocenters. The van der Waals surface area contributed by atoms with Gasteiger partial charge in [-0.3, -0.25) is 14.2 Å². The molecule has 0 bridgehead atoms. The first kappa shape index (κ1) is 28.3. The molecule has 13 nitrogen and oxygen atoms in total. The van der Waals surface area contributed by atoms with Gasteiger partial charge in [0.2, 0.25) is 5.88 Å². The summed E-state index contributed by atoms with van der Waals surface area (Å²) in [5, 5.41) is 20.3. The van der Waals surface area contributed by atoms with Gasteiger partial charge in [0, 0.05) is 56.5 Å². The number of aliphatic hydroxyl groups is 1. The van der Waals surface area contributed by atoms with Crippen LogP contribution in [0.25, 0.3) is 22.5 Å². The Bertz CT molecular complexity index is 1520. The summed E-state index contributed by atoms with van der Waals surface area (Å²) < 4.78 is 15.6. The number of aromatic amines is 1. The SMILES string of the molecule is CCOc1nn(C2CCN(C)CC2)cc1-c1cnc(Nc2ccnc(-c3c[nH]n(C)c3=O)n2)cc1O[C@@H](C)CCO. The van der Waals surface area contributed by atoms with Gasteiger partial charge in [0.1, 0.15) is 22.9 Å². The highest BCUT2D eigenvalue weighted by Crippen LogP contribution is 2.39. The van der Waals surface area contributed by atoms with Crippen molar-refractivity contribution < 1.29 is 14.6 Å². The third-order valence-corrected chi connectivity index (χ3v) is 7.15. The van der Waals surface area contributed by atoms with E-state index >= 15 is 0 Å². The van der Waals surface area contributed by atoms with E-state index in [4.69, 9.17) is 14.6 Å². The van der Waals surface area contributed by atoms with Gasteiger partial charge >= 0.3 is 0 Å². The number of nitrogens with one attached hydrogen (secondary N) is 2. The molecule has 0 aliphatic carbocycles. The number of pyridine rings is 1. The molecule has 0 unspecified atom stereocenters. The molecule has 0 aromatic carbocycles. The number of aliphatic hydroxyl groups excluding tert-OH is 1. The van der Waals surface area contributed by atoms with Crippen molar-refractivity contribution in [1.29, 1.82) is 0 Å². The third kappa shape index (κ3) is 6.41. The van der Waals surface area contributed by atoms with Crippen LogP contribution in [0.1, 0.15) is 39.2 Å². The second kappa shape index (κ2) is 12.5. The van der Waals surface area contributed by atoms with Gasteiger partial charge in [-0.05, 0) is 52.9 Å². The van der Waals surface area contributed by atoms with Gasteiger partial charge in [-0.2, -0.15) is 0 Å². The van der Waals surface area contributed by atoms with Crippen LogP contribution in [0.5, 0.6) is 11.6 Å². The minimum atomic E-state index is -0.246. The highest BCUT2D eigenvalue weighted by atomic mass is 16.5. The van der Waals surface area contributed by atoms with Crippen LogP contribution in [-0.2, 0) is 7.05 Å². The first-order valence-corrected chi connectivity index (χ1v) is 13.9. The van der Waals surface area contributed by atoms with E-state index in [0.29, 0.717) is 47.7 Å². The van der Waals surface area contributed by atoms with Crippen LogP contribution in [0.3, 0.4) is 0 Å². The van der Waals surface area contributed by atoms with E-state index < -0.39 is 0 Å². The van der Waals surface area contributed by atoms with Crippen molar-refractivity contribution in [1.82, 2.24) is 39.4 Å². The van der Waals surface area contributed by atoms with Crippen molar-refractivity contribution in [3.8, 4) is 34.1 Å². The molecule has 0 amide bonds. The standard InChI is InChI=1S/C28H37N9O4/c1-5-40-27-22(17-37(34-27)19-7-11-35(3)12-8-19)20-15-30-25(14-23(20)41-18(2)9-13-38)32-24-6-10-29-26(33-24)21-16-31-36(4)28(21)39/h6,10,14-19,31,38H,5,7-9,11-13H2,1-4H3,(H,29,30,32,33)/t18-/m0/s1. The molecule has 1 aliphatic rings. The average Bonchev–Trinajstić information content (AvgIpc) is 3.52. The maximum absolute atomic E-state index is 12.4. The number of anilines is 2. The van der Waals surface area contributed by atoms with E-state index in [-0.39, 0.29) is 24.3 Å². The molecule has 3 N–H and O–H groups in total. The van der Waals surface area contributed by atoms with Crippen LogP contribution in [0.2, 0.25) is 0 Å². The largest absolute Gasteiger partial charge is 0.490 e. The Morgan fingerprint density at radius 3 is 2.68 bits per heavy atom. The second-order valence-electron chi connectivity index (χ2n) is 10.2. The maximum Gasteiger partial charge on any atom is 0.277 e. The van der Waals surface area contributed by atoms with E-state index in [1.165, 1.54) is 4.68 Å². The predicted molar refractivity (Wildman–Crippen MR) is 155 cm³/mol. The molecule has 218 valence electrons. The lowest BCUT2D eigenvalue weighted by molar-refractivity contribution is 0.169. The fourth-order valence-corrected chi connectivity index (χ4v) is 4.82. The third-order valence-electron chi connectivity index (χ3n) is 7.15. The molecule has 1 aliphatic heterocycles. The van der Waals surface area contributed by atoms with Crippen molar-refractivity contribution >= 4 is 11.6 Å². The summed E-state index contributed by atoms with van der Waals surface area (Å²) in [7, 11) is 3.77. The molecule has 0 spiro atoms. The Morgan fingerprint density at radius 1 is 1.17 bits per heavy atom. The summed E-state index contributed by atoms with van der Waals surface area (Å²) >= 11 is 0. The minimum absolute atomic E-state index is 0.00722. The van der Waals surface area contributed by atoms with Crippen LogP contribution in [-0.4, -0.2) is 84.0 Å². The van der Waals surface area contributed by atoms with Gasteiger partial charge < -0.3 is 29.9 Å². The van der Waals surface area contributed by atoms with E-state index in [2.05, 4.69) is 37.3 Å². The molecular formula is C28H37N9O4. The molecule has 13 heteroatoms. The molecule has 1 fully saturated rings. The lowest BCUT2D eigenvalue weighted by atomic mass is 10.1. The Kier molecular flexibility index (Phi) is 8.64. The highest BCUT2D eigenvalue weighted by Gasteiger charge is 2.24. The van der Waals surface area contributed by atoms with Crippen LogP contribution in [0.4, 0.5) is 11.6 Å². The normalized spacial score (nSPS) is 15.1. The second-order valence-corrected chi connectivity index (χ2v) is 10.2. The summed E-state index contributed by atoms with van der Waals surface area (Å²) in [6.07, 6.45) is 9.15. The first-order valence-electron chi connectivity index (χ1n) is 13.9. The van der Waals surface area contributed by atoms with E-state index in [1.54, 1.807) is 37.8 Å². The molecule has 0 saturated carbocycles. The van der Waals surface area contributed by atoms with Gasteiger partial charge in [0.15, 0.2) is 5.82 Å². The van der Waals surface area contributed by atoms with Crippen LogP contribution < -0.4 is 20.3 Å². The van der Waals surface area contributed by atoms with Crippen LogP contribution in [0, 0.1) is 0 Å². The van der Waals surface area contributed by atoms with E-state index in [1.807, 2.05) is 24.7 Å². The van der Waals surface area contributed by atoms with E-state index in [9.17, 15) is 9.90 Å². The molecule has 5 rings (SSSR count). The number of aryl methyl sites for hydroxylation is 1. The number of aromatic nitrogens is 7. The number of nitrogens with zero attached hydrogens (tertiary/aromatic N) is 7. The molecule has 4 aromatic rings. The van der Waals surface area contributed by atoms with Crippen molar-refractivity contribution in [2.75, 3.05) is 38.7 Å². The minimum Gasteiger partial charge on any atom is -0.490 e. The molecule has 41 heavy (non-hydrogen) atoms. The van der Waals surface area contributed by atoms with Gasteiger partial charge in [-0.15, -0.1) is 5.10 Å². The smallest absolute Gasteiger partial charge is 0.277 e. The van der Waals surface area contributed by atoms with E-state index in [0.717, 1.165) is 37.1 Å². The summed E-state index contributed by atoms with van der Waals surface area (Å²) in [5.74, 6) is 2.36. The quantitative estimate of drug-likeness (QED) is 0.249. The maximum atomic E-state index is 12.4. The zero-order chi connectivity index (χ0) is 28.9. The monoisotopic (exact) mass is 563 g/mol. The fourth-order valence-electron chi connectivity index (χ4n) is 4.82. The van der Waals surface area contributed by atoms with Gasteiger partial charge in [0.25, 0.3) is 5.56 Å². The number of H-pyrrole nitrogens is 1. The van der Waals surface area contributed by atoms with Crippen molar-refractivity contribution in [2.24, 2.45) is 7.05 Å². The Morgan fingerprint density at radius 2 is 1.98 bits per heavy atom. The van der Waals surface area contributed by atoms with Crippen molar-refractivity contribution in [3.05, 3.63) is 47.3 Å². The number of rotatable bonds is 11. The van der Waals surface area contributed by atoms with Crippen LogP contribution >= 0.6 is 0 Å². The summed E-state index contributed by atoms with van der Waals surface area (Å²) in [6, 6.07) is 3.78. The first-order chi connectivity index (χ1) is 19.9. The molecule has 1 saturated heterocycles. The molecule has 0 radical (unpaired) electrons. The Labute approximate surface area is 238 Å². The van der Waals surface area contributed by atoms with Gasteiger partial charge in [-0.1, -0.05) is 0 Å². The number of hydrogen-bond donors (Lipinski definition) is 3. The van der Waals surface area contributed by atoms with Gasteiger partial charge in [0.05, 0.1) is 24.3 Å². The fraction of sp³-hybridized carbons (Fsp3) is 0.464. The number of piperidine rings is 1. The lowest BCUT2D eigenvalue weighted by Gasteiger charge is -2.28. The van der Waals surface area contributed by atoms with Crippen LogP contribution in [0.15, 0.2) is 41.7 Å². The Balaban J connectivity index is 1.48. The predicted octanol–water partition coefficient (Wildman–Crippen LogP) is 2.99. The van der Waals surface area contributed by atoms with Crippen molar-refractivity contribution in [3.63, 3.8) is 0 Å². The number of hydrogen-bond acceptors (Lipinski definition) is 10. The lowest BCUT2D eigenvalue weighted by Crippen LogP contribution is -2.31.